The van der Waals surface area contributed by atoms with Crippen LogP contribution in [0.3, 0.4) is 0 Å². The second-order valence-corrected chi connectivity index (χ2v) is 10.2. The number of benzene rings is 3. The molecule has 0 spiro atoms. The van der Waals surface area contributed by atoms with Gasteiger partial charge in [-0.2, -0.15) is 0 Å². The van der Waals surface area contributed by atoms with Crippen molar-refractivity contribution in [3.63, 3.8) is 0 Å². The minimum atomic E-state index is 0.260. The minimum Gasteiger partial charge on any atom is -0.381 e. The van der Waals surface area contributed by atoms with Crippen molar-refractivity contribution in [2.24, 2.45) is 4.99 Å². The number of rotatable bonds is 5. The molecule has 0 bridgehead atoms. The Kier molecular flexibility index (Phi) is 6.64. The van der Waals surface area contributed by atoms with Crippen LogP contribution in [0.15, 0.2) is 84.0 Å². The second-order valence-electron chi connectivity index (χ2n) is 10.2. The van der Waals surface area contributed by atoms with Crippen molar-refractivity contribution in [3.05, 3.63) is 95.6 Å². The average molecular weight is 504 g/mol. The maximum absolute atomic E-state index is 5.60. The Bertz CT molecular complexity index is 1610. The van der Waals surface area contributed by atoms with Gasteiger partial charge in [0.15, 0.2) is 0 Å². The summed E-state index contributed by atoms with van der Waals surface area (Å²) < 4.78 is 7.91. The number of methoxy groups -OCH3 is 1. The van der Waals surface area contributed by atoms with Crippen LogP contribution in [0.25, 0.3) is 28.1 Å². The number of nitrogens with zero attached hydrogens (tertiary/aromatic N) is 4. The third kappa shape index (κ3) is 4.79. The van der Waals surface area contributed by atoms with Gasteiger partial charge in [0, 0.05) is 19.0 Å². The first-order chi connectivity index (χ1) is 18.6. The zero-order valence-corrected chi connectivity index (χ0v) is 22.2. The summed E-state index contributed by atoms with van der Waals surface area (Å²) in [6, 6.07) is 25.6. The summed E-state index contributed by atoms with van der Waals surface area (Å²) in [5.74, 6) is 0. The smallest absolute Gasteiger partial charge is 0.0900 e. The molecule has 192 valence electrons. The van der Waals surface area contributed by atoms with Gasteiger partial charge in [-0.1, -0.05) is 29.8 Å². The van der Waals surface area contributed by atoms with Gasteiger partial charge in [0.05, 0.1) is 57.0 Å². The molecule has 2 aliphatic carbocycles. The number of pyridine rings is 1. The van der Waals surface area contributed by atoms with Crippen LogP contribution in [-0.4, -0.2) is 33.8 Å². The van der Waals surface area contributed by atoms with Crippen LogP contribution < -0.4 is 10.7 Å². The Hall–Kier alpha value is -4.03. The van der Waals surface area contributed by atoms with Crippen molar-refractivity contribution in [2.75, 3.05) is 12.4 Å². The molecule has 1 fully saturated rings. The molecule has 1 aliphatic heterocycles. The van der Waals surface area contributed by atoms with Crippen molar-refractivity contribution in [1.82, 2.24) is 14.5 Å². The Morgan fingerprint density at radius 2 is 1.68 bits per heavy atom. The molecule has 1 saturated carbocycles. The normalized spacial score (nSPS) is 18.2. The molecule has 2 aromatic carbocycles. The molecule has 0 radical (unpaired) electrons. The van der Waals surface area contributed by atoms with Crippen molar-refractivity contribution < 1.29 is 4.74 Å². The first-order valence-corrected chi connectivity index (χ1v) is 13.4. The molecule has 38 heavy (non-hydrogen) atoms. The highest BCUT2D eigenvalue weighted by molar-refractivity contribution is 5.84. The van der Waals surface area contributed by atoms with Crippen molar-refractivity contribution in [2.45, 2.75) is 51.7 Å². The fraction of sp³-hybridized carbons (Fsp3) is 0.281. The lowest BCUT2D eigenvalue weighted by atomic mass is 9.93. The van der Waals surface area contributed by atoms with Crippen molar-refractivity contribution in [1.29, 1.82) is 0 Å². The number of fused-ring (bicyclic) bond motifs is 2. The SMILES string of the molecule is COC1CCC(/N=c2\cc3n(-c4ccc(C)cc4)c4ccccc4nc-3cc2Nc2cccnc2C)CC1. The molecule has 6 rings (SSSR count). The first kappa shape index (κ1) is 24.3. The van der Waals surface area contributed by atoms with E-state index in [2.05, 4.69) is 82.5 Å². The van der Waals surface area contributed by atoms with Gasteiger partial charge in [-0.3, -0.25) is 9.98 Å². The maximum atomic E-state index is 5.60. The van der Waals surface area contributed by atoms with Crippen LogP contribution in [0, 0.1) is 13.8 Å². The summed E-state index contributed by atoms with van der Waals surface area (Å²) in [5, 5.41) is 4.57. The Labute approximate surface area is 223 Å². The van der Waals surface area contributed by atoms with E-state index in [9.17, 15) is 0 Å². The number of aryl methyl sites for hydroxylation is 2. The molecule has 1 aromatic heterocycles. The van der Waals surface area contributed by atoms with Gasteiger partial charge in [-0.05, 0) is 88.1 Å². The van der Waals surface area contributed by atoms with Gasteiger partial charge in [-0.25, -0.2) is 4.98 Å². The van der Waals surface area contributed by atoms with Gasteiger partial charge in [-0.15, -0.1) is 0 Å². The van der Waals surface area contributed by atoms with Crippen LogP contribution in [0.5, 0.6) is 0 Å². The molecule has 6 heteroatoms. The van der Waals surface area contributed by atoms with Crippen LogP contribution in [0.2, 0.25) is 0 Å². The topological polar surface area (TPSA) is 64.3 Å². The lowest BCUT2D eigenvalue weighted by Crippen LogP contribution is -2.25. The van der Waals surface area contributed by atoms with Gasteiger partial charge in [0.2, 0.25) is 0 Å². The van der Waals surface area contributed by atoms with Crippen molar-refractivity contribution in [3.8, 4) is 17.1 Å². The highest BCUT2D eigenvalue weighted by atomic mass is 16.5. The van der Waals surface area contributed by atoms with Crippen LogP contribution in [-0.2, 0) is 4.74 Å². The third-order valence-corrected chi connectivity index (χ3v) is 7.56. The number of hydrogen-bond donors (Lipinski definition) is 1. The zero-order chi connectivity index (χ0) is 26.1. The highest BCUT2D eigenvalue weighted by Crippen LogP contribution is 2.31. The van der Waals surface area contributed by atoms with E-state index in [0.29, 0.717) is 6.10 Å². The summed E-state index contributed by atoms with van der Waals surface area (Å²) in [5.41, 5.74) is 9.17. The first-order valence-electron chi connectivity index (χ1n) is 13.4. The predicted octanol–water partition coefficient (Wildman–Crippen LogP) is 6.74. The van der Waals surface area contributed by atoms with E-state index < -0.39 is 0 Å². The minimum absolute atomic E-state index is 0.260. The lowest BCUT2D eigenvalue weighted by Gasteiger charge is -2.25. The second kappa shape index (κ2) is 10.4. The molecule has 3 aliphatic rings. The number of hydrogen-bond acceptors (Lipinski definition) is 5. The Morgan fingerprint density at radius 3 is 2.45 bits per heavy atom. The molecule has 0 unspecified atom stereocenters. The molecule has 3 aromatic rings. The van der Waals surface area contributed by atoms with Crippen LogP contribution >= 0.6 is 0 Å². The van der Waals surface area contributed by atoms with E-state index in [1.807, 2.05) is 32.4 Å². The highest BCUT2D eigenvalue weighted by Gasteiger charge is 2.21. The van der Waals surface area contributed by atoms with Gasteiger partial charge < -0.3 is 14.6 Å². The summed E-state index contributed by atoms with van der Waals surface area (Å²) >= 11 is 0. The summed E-state index contributed by atoms with van der Waals surface area (Å²) in [4.78, 5) is 14.9. The Morgan fingerprint density at radius 1 is 0.895 bits per heavy atom. The fourth-order valence-electron chi connectivity index (χ4n) is 5.39. The van der Waals surface area contributed by atoms with Crippen LogP contribution in [0.1, 0.15) is 36.9 Å². The number of nitrogens with one attached hydrogen (secondary N) is 1. The van der Waals surface area contributed by atoms with E-state index in [1.54, 1.807) is 0 Å². The molecule has 0 amide bonds. The number of aromatic nitrogens is 3. The van der Waals surface area contributed by atoms with Gasteiger partial charge in [0.25, 0.3) is 0 Å². The summed E-state index contributed by atoms with van der Waals surface area (Å²) in [7, 11) is 1.81. The molecule has 0 atom stereocenters. The van der Waals surface area contributed by atoms with E-state index in [1.165, 1.54) is 5.56 Å². The molecule has 0 saturated heterocycles. The predicted molar refractivity (Wildman–Crippen MR) is 153 cm³/mol. The fourth-order valence-corrected chi connectivity index (χ4v) is 5.39. The largest absolute Gasteiger partial charge is 0.381 e. The summed E-state index contributed by atoms with van der Waals surface area (Å²) in [6.07, 6.45) is 6.29. The molecule has 6 nitrogen and oxygen atoms in total. The number of ether oxygens (including phenoxy) is 1. The molecular weight excluding hydrogens is 470 g/mol. The zero-order valence-electron chi connectivity index (χ0n) is 22.2. The van der Waals surface area contributed by atoms with E-state index in [4.69, 9.17) is 14.7 Å². The van der Waals surface area contributed by atoms with Gasteiger partial charge >= 0.3 is 0 Å². The molecule has 1 N–H and O–H groups in total. The quantitative estimate of drug-likeness (QED) is 0.270. The Balaban J connectivity index is 1.58. The van der Waals surface area contributed by atoms with Crippen LogP contribution in [0.4, 0.5) is 11.4 Å². The van der Waals surface area contributed by atoms with Gasteiger partial charge in [0.1, 0.15) is 0 Å². The molecular formula is C32H33N5O. The summed E-state index contributed by atoms with van der Waals surface area (Å²) in [6.45, 7) is 4.13. The maximum Gasteiger partial charge on any atom is 0.0900 e. The van der Waals surface area contributed by atoms with E-state index >= 15 is 0 Å². The number of anilines is 2. The van der Waals surface area contributed by atoms with E-state index in [0.717, 1.165) is 76.2 Å². The van der Waals surface area contributed by atoms with Crippen molar-refractivity contribution >= 4 is 22.4 Å². The average Bonchev–Trinajstić information content (AvgIpc) is 2.94. The third-order valence-electron chi connectivity index (χ3n) is 7.56. The molecule has 2 heterocycles. The standard InChI is InChI=1S/C32H33N5O/c1-21-10-14-24(15-11-21)37-31-9-5-4-7-27(31)36-30-19-28(35-26-8-6-18-33-22(26)2)29(20-32(30)37)34-23-12-16-25(38-3)17-13-23/h4-11,14-15,18-20,23,25,35H,12-13,16-17H2,1-3H3/b34-29+. The monoisotopic (exact) mass is 503 g/mol. The lowest BCUT2D eigenvalue weighted by molar-refractivity contribution is 0.0663. The van der Waals surface area contributed by atoms with E-state index in [-0.39, 0.29) is 6.04 Å². The number of para-hydroxylation sites is 2.